The lowest BCUT2D eigenvalue weighted by Crippen LogP contribution is -2.19. The van der Waals surface area contributed by atoms with Crippen LogP contribution < -0.4 is 4.74 Å². The average molecular weight is 260 g/mol. The number of benzene rings is 1. The highest BCUT2D eigenvalue weighted by Crippen LogP contribution is 2.40. The van der Waals surface area contributed by atoms with Crippen LogP contribution in [0.4, 0.5) is 0 Å². The Morgan fingerprint density at radius 2 is 1.95 bits per heavy atom. The largest absolute Gasteiger partial charge is 0.493 e. The Labute approximate surface area is 115 Å². The summed E-state index contributed by atoms with van der Waals surface area (Å²) in [6, 6.07) is 8.47. The van der Waals surface area contributed by atoms with Gasteiger partial charge in [0.1, 0.15) is 5.75 Å². The van der Waals surface area contributed by atoms with Gasteiger partial charge in [-0.3, -0.25) is 0 Å². The van der Waals surface area contributed by atoms with Crippen molar-refractivity contribution >= 4 is 0 Å². The van der Waals surface area contributed by atoms with Gasteiger partial charge in [0, 0.05) is 0 Å². The third-order valence-electron chi connectivity index (χ3n) is 4.71. The van der Waals surface area contributed by atoms with E-state index < -0.39 is 0 Å². The first-order valence-corrected chi connectivity index (χ1v) is 7.72. The van der Waals surface area contributed by atoms with Gasteiger partial charge < -0.3 is 9.84 Å². The lowest BCUT2D eigenvalue weighted by Gasteiger charge is -2.29. The zero-order chi connectivity index (χ0) is 13.1. The van der Waals surface area contributed by atoms with Crippen molar-refractivity contribution in [2.24, 2.45) is 5.92 Å². The molecule has 2 heteroatoms. The number of fused-ring (bicyclic) bond motifs is 1. The van der Waals surface area contributed by atoms with Crippen LogP contribution in [0.2, 0.25) is 0 Å². The molecule has 104 valence electrons. The van der Waals surface area contributed by atoms with Crippen LogP contribution in [-0.2, 0) is 0 Å². The summed E-state index contributed by atoms with van der Waals surface area (Å²) < 4.78 is 5.74. The first-order chi connectivity index (χ1) is 9.33. The van der Waals surface area contributed by atoms with E-state index in [1.807, 2.05) is 0 Å². The summed E-state index contributed by atoms with van der Waals surface area (Å²) in [6.07, 6.45) is 8.05. The van der Waals surface area contributed by atoms with E-state index in [0.717, 1.165) is 31.6 Å². The van der Waals surface area contributed by atoms with Gasteiger partial charge in [0.2, 0.25) is 0 Å². The summed E-state index contributed by atoms with van der Waals surface area (Å²) >= 11 is 0. The van der Waals surface area contributed by atoms with Crippen LogP contribution in [-0.4, -0.2) is 17.8 Å². The van der Waals surface area contributed by atoms with Gasteiger partial charge in [-0.25, -0.2) is 0 Å². The molecule has 0 amide bonds. The highest BCUT2D eigenvalue weighted by molar-refractivity contribution is 5.37. The minimum Gasteiger partial charge on any atom is -0.493 e. The molecule has 19 heavy (non-hydrogen) atoms. The molecule has 1 heterocycles. The van der Waals surface area contributed by atoms with Gasteiger partial charge >= 0.3 is 0 Å². The smallest absolute Gasteiger partial charge is 0.122 e. The fraction of sp³-hybridized carbons (Fsp3) is 0.647. The van der Waals surface area contributed by atoms with E-state index in [-0.39, 0.29) is 6.10 Å². The zero-order valence-corrected chi connectivity index (χ0v) is 11.6. The summed E-state index contributed by atoms with van der Waals surface area (Å²) in [5, 5.41) is 9.96. The van der Waals surface area contributed by atoms with Gasteiger partial charge in [-0.15, -0.1) is 0 Å². The number of hydrogen-bond acceptors (Lipinski definition) is 2. The summed E-state index contributed by atoms with van der Waals surface area (Å²) in [5.41, 5.74) is 1.38. The van der Waals surface area contributed by atoms with E-state index in [9.17, 15) is 5.11 Å². The molecule has 1 aliphatic carbocycles. The zero-order valence-electron chi connectivity index (χ0n) is 11.6. The Morgan fingerprint density at radius 3 is 2.89 bits per heavy atom. The number of aliphatic hydroxyl groups excluding tert-OH is 1. The maximum atomic E-state index is 9.96. The molecule has 2 nitrogen and oxygen atoms in total. The second-order valence-electron chi connectivity index (χ2n) is 6.15. The Kier molecular flexibility index (Phi) is 4.07. The summed E-state index contributed by atoms with van der Waals surface area (Å²) in [7, 11) is 0. The number of para-hydroxylation sites is 1. The molecule has 2 aliphatic rings. The predicted molar refractivity (Wildman–Crippen MR) is 76.5 cm³/mol. The van der Waals surface area contributed by atoms with Crippen molar-refractivity contribution in [2.75, 3.05) is 6.61 Å². The molecule has 1 aromatic rings. The number of ether oxygens (including phenoxy) is 1. The molecule has 0 radical (unpaired) electrons. The van der Waals surface area contributed by atoms with Crippen molar-refractivity contribution in [1.82, 2.24) is 0 Å². The van der Waals surface area contributed by atoms with E-state index >= 15 is 0 Å². The second-order valence-corrected chi connectivity index (χ2v) is 6.15. The standard InChI is InChI=1S/C17H24O2/c18-15-6-2-1-5-13(12-15)11-14-9-10-19-17-8-4-3-7-16(14)17/h3-4,7-8,13-15,18H,1-2,5-6,9-12H2. The molecule has 1 aromatic carbocycles. The Hall–Kier alpha value is -1.02. The van der Waals surface area contributed by atoms with Crippen LogP contribution in [0.1, 0.15) is 56.4 Å². The van der Waals surface area contributed by atoms with Crippen molar-refractivity contribution in [3.63, 3.8) is 0 Å². The maximum absolute atomic E-state index is 9.96. The van der Waals surface area contributed by atoms with Crippen LogP contribution in [0.3, 0.4) is 0 Å². The Balaban J connectivity index is 1.70. The predicted octanol–water partition coefficient (Wildman–Crippen LogP) is 3.88. The molecule has 3 atom stereocenters. The van der Waals surface area contributed by atoms with Gasteiger partial charge in [0.25, 0.3) is 0 Å². The Morgan fingerprint density at radius 1 is 1.11 bits per heavy atom. The summed E-state index contributed by atoms with van der Waals surface area (Å²) in [5.74, 6) is 2.39. The molecule has 1 N–H and O–H groups in total. The van der Waals surface area contributed by atoms with Crippen molar-refractivity contribution in [1.29, 1.82) is 0 Å². The molecule has 1 aliphatic heterocycles. The van der Waals surface area contributed by atoms with E-state index in [4.69, 9.17) is 4.74 Å². The first-order valence-electron chi connectivity index (χ1n) is 7.72. The lowest BCUT2D eigenvalue weighted by molar-refractivity contribution is 0.135. The van der Waals surface area contributed by atoms with Gasteiger partial charge in [0.15, 0.2) is 0 Å². The van der Waals surface area contributed by atoms with Gasteiger partial charge in [-0.05, 0) is 49.1 Å². The van der Waals surface area contributed by atoms with Gasteiger partial charge in [-0.2, -0.15) is 0 Å². The van der Waals surface area contributed by atoms with Gasteiger partial charge in [-0.1, -0.05) is 37.5 Å². The van der Waals surface area contributed by atoms with Crippen molar-refractivity contribution in [2.45, 2.75) is 57.0 Å². The number of aliphatic hydroxyl groups is 1. The normalized spacial score (nSPS) is 31.1. The monoisotopic (exact) mass is 260 g/mol. The molecule has 1 fully saturated rings. The summed E-state index contributed by atoms with van der Waals surface area (Å²) in [4.78, 5) is 0. The van der Waals surface area contributed by atoms with Crippen molar-refractivity contribution < 1.29 is 9.84 Å². The van der Waals surface area contributed by atoms with Crippen LogP contribution in [0.15, 0.2) is 24.3 Å². The third kappa shape index (κ3) is 3.11. The summed E-state index contributed by atoms with van der Waals surface area (Å²) in [6.45, 7) is 0.844. The van der Waals surface area contributed by atoms with Gasteiger partial charge in [0.05, 0.1) is 12.7 Å². The molecule has 0 saturated heterocycles. The average Bonchev–Trinajstić information content (AvgIpc) is 2.63. The fourth-order valence-corrected chi connectivity index (χ4v) is 3.71. The van der Waals surface area contributed by atoms with Crippen LogP contribution in [0, 0.1) is 5.92 Å². The molecule has 3 rings (SSSR count). The van der Waals surface area contributed by atoms with E-state index in [2.05, 4.69) is 24.3 Å². The van der Waals surface area contributed by atoms with E-state index in [1.165, 1.54) is 31.2 Å². The first kappa shape index (κ1) is 13.0. The fourth-order valence-electron chi connectivity index (χ4n) is 3.71. The van der Waals surface area contributed by atoms with E-state index in [1.54, 1.807) is 0 Å². The highest BCUT2D eigenvalue weighted by Gasteiger charge is 2.26. The lowest BCUT2D eigenvalue weighted by atomic mass is 9.82. The molecule has 0 spiro atoms. The second kappa shape index (κ2) is 5.96. The molecular formula is C17H24O2. The maximum Gasteiger partial charge on any atom is 0.122 e. The van der Waals surface area contributed by atoms with Crippen LogP contribution in [0.5, 0.6) is 5.75 Å². The molecule has 0 aromatic heterocycles. The van der Waals surface area contributed by atoms with E-state index in [0.29, 0.717) is 11.8 Å². The van der Waals surface area contributed by atoms with Crippen LogP contribution >= 0.6 is 0 Å². The number of hydrogen-bond donors (Lipinski definition) is 1. The van der Waals surface area contributed by atoms with Crippen molar-refractivity contribution in [3.8, 4) is 5.75 Å². The molecule has 1 saturated carbocycles. The minimum absolute atomic E-state index is 0.0671. The van der Waals surface area contributed by atoms with Crippen molar-refractivity contribution in [3.05, 3.63) is 29.8 Å². The molecular weight excluding hydrogens is 236 g/mol. The molecule has 3 unspecified atom stereocenters. The third-order valence-corrected chi connectivity index (χ3v) is 4.71. The topological polar surface area (TPSA) is 29.5 Å². The molecule has 0 bridgehead atoms. The highest BCUT2D eigenvalue weighted by atomic mass is 16.5. The Bertz CT molecular complexity index is 415. The quantitative estimate of drug-likeness (QED) is 0.818. The number of rotatable bonds is 2. The minimum atomic E-state index is -0.0671. The SMILES string of the molecule is OC1CCCCC(CC2CCOc3ccccc32)C1. The van der Waals surface area contributed by atoms with Crippen LogP contribution in [0.25, 0.3) is 0 Å².